The zero-order chi connectivity index (χ0) is 14.5. The summed E-state index contributed by atoms with van der Waals surface area (Å²) in [5.74, 6) is 1.24. The van der Waals surface area contributed by atoms with Gasteiger partial charge < -0.3 is 4.90 Å². The molecule has 1 aliphatic carbocycles. The number of carbonyl (C=O) groups is 1. The molecule has 20 heavy (non-hydrogen) atoms. The first-order valence-electron chi connectivity index (χ1n) is 8.80. The Kier molecular flexibility index (Phi) is 5.88. The molecule has 1 amide bonds. The van der Waals surface area contributed by atoms with Crippen LogP contribution >= 0.6 is 0 Å². The lowest BCUT2D eigenvalue weighted by molar-refractivity contribution is -0.138. The Morgan fingerprint density at radius 1 is 0.900 bits per heavy atom. The third kappa shape index (κ3) is 3.36. The van der Waals surface area contributed by atoms with Gasteiger partial charge in [0.2, 0.25) is 5.91 Å². The highest BCUT2D eigenvalue weighted by atomic mass is 16.2. The van der Waals surface area contributed by atoms with Gasteiger partial charge in [-0.1, -0.05) is 27.2 Å². The molecule has 0 unspecified atom stereocenters. The molecule has 116 valence electrons. The molecule has 0 aromatic heterocycles. The van der Waals surface area contributed by atoms with Crippen molar-refractivity contribution in [1.29, 1.82) is 0 Å². The quantitative estimate of drug-likeness (QED) is 0.775. The minimum absolute atomic E-state index is 0.226. The first-order valence-corrected chi connectivity index (χ1v) is 8.80. The summed E-state index contributed by atoms with van der Waals surface area (Å²) in [5.41, 5.74) is 0. The van der Waals surface area contributed by atoms with Crippen molar-refractivity contribution in [2.24, 2.45) is 5.92 Å². The minimum atomic E-state index is 0.226. The van der Waals surface area contributed by atoms with Crippen LogP contribution in [0.3, 0.4) is 0 Å². The third-order valence-electron chi connectivity index (χ3n) is 5.22. The fourth-order valence-electron chi connectivity index (χ4n) is 3.65. The maximum atomic E-state index is 12.6. The Hall–Kier alpha value is -0.570. The number of hydrogen-bond donors (Lipinski definition) is 0. The zero-order valence-electron chi connectivity index (χ0n) is 13.6. The van der Waals surface area contributed by atoms with Crippen LogP contribution in [0.2, 0.25) is 0 Å². The van der Waals surface area contributed by atoms with Gasteiger partial charge in [-0.25, -0.2) is 0 Å². The molecule has 0 N–H and O–H groups in total. The largest absolute Gasteiger partial charge is 0.341 e. The van der Waals surface area contributed by atoms with Crippen LogP contribution in [-0.2, 0) is 4.79 Å². The Balaban J connectivity index is 0.000000704. The van der Waals surface area contributed by atoms with Crippen molar-refractivity contribution in [2.45, 2.75) is 77.8 Å². The minimum Gasteiger partial charge on any atom is -0.341 e. The summed E-state index contributed by atoms with van der Waals surface area (Å²) in [6.07, 6.45) is 8.72. The van der Waals surface area contributed by atoms with E-state index >= 15 is 0 Å². The van der Waals surface area contributed by atoms with Gasteiger partial charge in [0.1, 0.15) is 0 Å². The molecule has 3 rings (SSSR count). The van der Waals surface area contributed by atoms with Crippen molar-refractivity contribution in [1.82, 2.24) is 9.80 Å². The lowest BCUT2D eigenvalue weighted by atomic mass is 9.90. The van der Waals surface area contributed by atoms with Gasteiger partial charge in [-0.15, -0.1) is 0 Å². The van der Waals surface area contributed by atoms with E-state index in [-0.39, 0.29) is 6.04 Å². The van der Waals surface area contributed by atoms with Crippen molar-refractivity contribution < 1.29 is 4.79 Å². The van der Waals surface area contributed by atoms with E-state index in [9.17, 15) is 4.79 Å². The van der Waals surface area contributed by atoms with E-state index in [1.807, 2.05) is 13.8 Å². The van der Waals surface area contributed by atoms with Crippen LogP contribution in [-0.4, -0.2) is 47.4 Å². The molecule has 3 fully saturated rings. The molecule has 0 bridgehead atoms. The molecule has 2 aliphatic heterocycles. The number of rotatable bonds is 2. The normalized spacial score (nSPS) is 28.8. The van der Waals surface area contributed by atoms with Gasteiger partial charge in [0.15, 0.2) is 0 Å². The summed E-state index contributed by atoms with van der Waals surface area (Å²) in [6, 6.07) is 0.953. The van der Waals surface area contributed by atoms with E-state index in [2.05, 4.69) is 16.7 Å². The van der Waals surface area contributed by atoms with Gasteiger partial charge >= 0.3 is 0 Å². The number of hydrogen-bond acceptors (Lipinski definition) is 2. The van der Waals surface area contributed by atoms with Crippen molar-refractivity contribution >= 4 is 5.91 Å². The molecule has 0 radical (unpaired) electrons. The van der Waals surface area contributed by atoms with E-state index in [0.29, 0.717) is 5.91 Å². The SMILES string of the molecule is CC.CC1CCN(C(=O)[C@@H]2CCCN2C2CCC2)CC1. The Labute approximate surface area is 124 Å². The molecule has 0 spiro atoms. The van der Waals surface area contributed by atoms with Crippen LogP contribution in [0.4, 0.5) is 0 Å². The monoisotopic (exact) mass is 280 g/mol. The molecule has 0 aromatic carbocycles. The molecule has 3 aliphatic rings. The van der Waals surface area contributed by atoms with Gasteiger partial charge in [0, 0.05) is 19.1 Å². The number of carbonyl (C=O) groups excluding carboxylic acids is 1. The van der Waals surface area contributed by atoms with Gasteiger partial charge in [-0.05, 0) is 51.0 Å². The number of nitrogens with zero attached hydrogens (tertiary/aromatic N) is 2. The standard InChI is InChI=1S/C15H26N2O.C2H6/c1-12-7-10-16(11-8-12)15(18)14-6-3-9-17(14)13-4-2-5-13;1-2/h12-14H,2-11H2,1H3;1-2H3/t14-;/m0./s1. The highest BCUT2D eigenvalue weighted by molar-refractivity contribution is 5.82. The molecule has 0 aromatic rings. The number of likely N-dealkylation sites (tertiary alicyclic amines) is 2. The van der Waals surface area contributed by atoms with Gasteiger partial charge in [-0.3, -0.25) is 9.69 Å². The molecule has 2 heterocycles. The van der Waals surface area contributed by atoms with Crippen LogP contribution in [0.5, 0.6) is 0 Å². The summed E-state index contributed by atoms with van der Waals surface area (Å²) in [5, 5.41) is 0. The number of amides is 1. The molecule has 1 saturated carbocycles. The fourth-order valence-corrected chi connectivity index (χ4v) is 3.65. The van der Waals surface area contributed by atoms with Crippen LogP contribution < -0.4 is 0 Å². The highest BCUT2D eigenvalue weighted by Crippen LogP contribution is 2.32. The van der Waals surface area contributed by atoms with Crippen molar-refractivity contribution in [3.63, 3.8) is 0 Å². The van der Waals surface area contributed by atoms with Crippen molar-refractivity contribution in [3.8, 4) is 0 Å². The average molecular weight is 280 g/mol. The molecule has 1 atom stereocenters. The van der Waals surface area contributed by atoms with E-state index < -0.39 is 0 Å². The van der Waals surface area contributed by atoms with E-state index in [1.54, 1.807) is 0 Å². The van der Waals surface area contributed by atoms with Crippen LogP contribution in [0.1, 0.15) is 65.7 Å². The Morgan fingerprint density at radius 2 is 1.55 bits per heavy atom. The topological polar surface area (TPSA) is 23.6 Å². The smallest absolute Gasteiger partial charge is 0.239 e. The maximum absolute atomic E-state index is 12.6. The van der Waals surface area contributed by atoms with Gasteiger partial charge in [0.05, 0.1) is 6.04 Å². The molecule has 3 nitrogen and oxygen atoms in total. The maximum Gasteiger partial charge on any atom is 0.239 e. The third-order valence-corrected chi connectivity index (χ3v) is 5.22. The summed E-state index contributed by atoms with van der Waals surface area (Å²) in [7, 11) is 0. The van der Waals surface area contributed by atoms with Crippen LogP contribution in [0.15, 0.2) is 0 Å². The van der Waals surface area contributed by atoms with Crippen LogP contribution in [0.25, 0.3) is 0 Å². The second kappa shape index (κ2) is 7.44. The van der Waals surface area contributed by atoms with Crippen molar-refractivity contribution in [2.75, 3.05) is 19.6 Å². The lowest BCUT2D eigenvalue weighted by Crippen LogP contribution is -2.52. The summed E-state index contributed by atoms with van der Waals surface area (Å²) in [6.45, 7) is 9.45. The predicted molar refractivity (Wildman–Crippen MR) is 83.7 cm³/mol. The van der Waals surface area contributed by atoms with E-state index in [4.69, 9.17) is 0 Å². The van der Waals surface area contributed by atoms with E-state index in [1.165, 1.54) is 38.5 Å². The highest BCUT2D eigenvalue weighted by Gasteiger charge is 2.39. The van der Waals surface area contributed by atoms with Crippen molar-refractivity contribution in [3.05, 3.63) is 0 Å². The number of piperidine rings is 1. The molecular formula is C17H32N2O. The Bertz CT molecular complexity index is 306. The van der Waals surface area contributed by atoms with Crippen LogP contribution in [0, 0.1) is 5.92 Å². The lowest BCUT2D eigenvalue weighted by Gasteiger charge is -2.40. The average Bonchev–Trinajstić information content (AvgIpc) is 2.88. The second-order valence-corrected chi connectivity index (χ2v) is 6.49. The second-order valence-electron chi connectivity index (χ2n) is 6.49. The van der Waals surface area contributed by atoms with Gasteiger partial charge in [-0.2, -0.15) is 0 Å². The molecule has 2 saturated heterocycles. The summed E-state index contributed by atoms with van der Waals surface area (Å²) >= 11 is 0. The first kappa shape index (κ1) is 15.8. The van der Waals surface area contributed by atoms with Gasteiger partial charge in [0.25, 0.3) is 0 Å². The first-order chi connectivity index (χ1) is 9.75. The molecular weight excluding hydrogens is 248 g/mol. The fraction of sp³-hybridized carbons (Fsp3) is 0.941. The molecule has 3 heteroatoms. The Morgan fingerprint density at radius 3 is 2.10 bits per heavy atom. The summed E-state index contributed by atoms with van der Waals surface area (Å²) < 4.78 is 0. The predicted octanol–water partition coefficient (Wildman–Crippen LogP) is 3.29. The van der Waals surface area contributed by atoms with E-state index in [0.717, 1.165) is 38.0 Å². The zero-order valence-corrected chi connectivity index (χ0v) is 13.6. The summed E-state index contributed by atoms with van der Waals surface area (Å²) in [4.78, 5) is 17.3.